The monoisotopic (exact) mass is 273 g/mol. The van der Waals surface area contributed by atoms with Crippen LogP contribution in [-0.4, -0.2) is 4.57 Å². The van der Waals surface area contributed by atoms with E-state index in [2.05, 4.69) is 0 Å². The van der Waals surface area contributed by atoms with E-state index in [1.54, 1.807) is 30.3 Å². The van der Waals surface area contributed by atoms with E-state index in [-0.39, 0.29) is 18.2 Å². The Kier molecular flexibility index (Phi) is 3.14. The molecule has 0 N–H and O–H groups in total. The number of ether oxygens (including phenoxy) is 1. The molecule has 0 spiro atoms. The smallest absolute Gasteiger partial charge is 0.165 e. The topological polar surface area (TPSA) is 14.2 Å². The molecule has 102 valence electrons. The number of aromatic nitrogens is 1. The third kappa shape index (κ3) is 2.13. The second kappa shape index (κ2) is 4.96. The summed E-state index contributed by atoms with van der Waals surface area (Å²) in [6.07, 6.45) is 0. The Balaban J connectivity index is 1.90. The van der Waals surface area contributed by atoms with Gasteiger partial charge in [0.05, 0.1) is 11.2 Å². The quantitative estimate of drug-likeness (QED) is 0.702. The molecule has 2 nitrogen and oxygen atoms in total. The molecule has 2 aromatic carbocycles. The summed E-state index contributed by atoms with van der Waals surface area (Å²) in [5.41, 5.74) is 1.57. The van der Waals surface area contributed by atoms with Gasteiger partial charge >= 0.3 is 0 Å². The number of aryl methyl sites for hydroxylation is 1. The molecule has 0 aliphatic rings. The fourth-order valence-electron chi connectivity index (χ4n) is 2.23. The van der Waals surface area contributed by atoms with Gasteiger partial charge in [-0.1, -0.05) is 18.2 Å². The Morgan fingerprint density at radius 3 is 2.50 bits per heavy atom. The van der Waals surface area contributed by atoms with Gasteiger partial charge in [-0.25, -0.2) is 8.78 Å². The maximum atomic E-state index is 13.7. The number of hydrogen-bond donors (Lipinski definition) is 0. The molecule has 0 aliphatic carbocycles. The summed E-state index contributed by atoms with van der Waals surface area (Å²) >= 11 is 0. The van der Waals surface area contributed by atoms with E-state index < -0.39 is 5.82 Å². The fraction of sp³-hybridized carbons (Fsp3) is 0.125. The predicted octanol–water partition coefficient (Wildman–Crippen LogP) is 4.04. The van der Waals surface area contributed by atoms with E-state index in [4.69, 9.17) is 4.74 Å². The zero-order valence-corrected chi connectivity index (χ0v) is 10.9. The van der Waals surface area contributed by atoms with Crippen LogP contribution in [-0.2, 0) is 13.7 Å². The highest BCUT2D eigenvalue weighted by Crippen LogP contribution is 2.23. The zero-order valence-electron chi connectivity index (χ0n) is 10.9. The largest absolute Gasteiger partial charge is 0.484 e. The fourth-order valence-corrected chi connectivity index (χ4v) is 2.23. The van der Waals surface area contributed by atoms with Crippen molar-refractivity contribution in [3.8, 4) is 5.75 Å². The van der Waals surface area contributed by atoms with Crippen molar-refractivity contribution in [2.45, 2.75) is 6.61 Å². The summed E-state index contributed by atoms with van der Waals surface area (Å²) in [6, 6.07) is 12.9. The second-order valence-corrected chi connectivity index (χ2v) is 4.59. The van der Waals surface area contributed by atoms with Crippen LogP contribution < -0.4 is 4.74 Å². The standard InChI is InChI=1S/C16H13F2NO/c1-19-11(9-12-13(17)6-4-7-15(12)19)10-20-16-8-3-2-5-14(16)18/h2-9H,10H2,1H3. The Morgan fingerprint density at radius 1 is 1.00 bits per heavy atom. The lowest BCUT2D eigenvalue weighted by atomic mass is 10.2. The summed E-state index contributed by atoms with van der Waals surface area (Å²) in [7, 11) is 1.84. The molecule has 0 aliphatic heterocycles. The van der Waals surface area contributed by atoms with Gasteiger partial charge in [0.1, 0.15) is 12.4 Å². The summed E-state index contributed by atoms with van der Waals surface area (Å²) in [4.78, 5) is 0. The van der Waals surface area contributed by atoms with Gasteiger partial charge in [-0.05, 0) is 30.3 Å². The van der Waals surface area contributed by atoms with Gasteiger partial charge < -0.3 is 9.30 Å². The van der Waals surface area contributed by atoms with Gasteiger partial charge in [0, 0.05) is 12.4 Å². The first kappa shape index (κ1) is 12.7. The second-order valence-electron chi connectivity index (χ2n) is 4.59. The maximum absolute atomic E-state index is 13.7. The Morgan fingerprint density at radius 2 is 1.75 bits per heavy atom. The number of hydrogen-bond acceptors (Lipinski definition) is 1. The molecule has 0 atom stereocenters. The third-order valence-corrected chi connectivity index (χ3v) is 3.35. The predicted molar refractivity (Wildman–Crippen MR) is 73.6 cm³/mol. The molecule has 0 saturated carbocycles. The number of nitrogens with zero attached hydrogens (tertiary/aromatic N) is 1. The van der Waals surface area contributed by atoms with Gasteiger partial charge in [-0.2, -0.15) is 0 Å². The number of para-hydroxylation sites is 1. The lowest BCUT2D eigenvalue weighted by molar-refractivity contribution is 0.283. The van der Waals surface area contributed by atoms with Crippen LogP contribution >= 0.6 is 0 Å². The van der Waals surface area contributed by atoms with Crippen molar-refractivity contribution in [3.63, 3.8) is 0 Å². The van der Waals surface area contributed by atoms with Crippen LogP contribution in [0.2, 0.25) is 0 Å². The van der Waals surface area contributed by atoms with Crippen molar-refractivity contribution in [2.24, 2.45) is 7.05 Å². The third-order valence-electron chi connectivity index (χ3n) is 3.35. The average molecular weight is 273 g/mol. The van der Waals surface area contributed by atoms with Gasteiger partial charge in [-0.15, -0.1) is 0 Å². The van der Waals surface area contributed by atoms with Crippen molar-refractivity contribution in [2.75, 3.05) is 0 Å². The van der Waals surface area contributed by atoms with Gasteiger partial charge in [0.25, 0.3) is 0 Å². The number of benzene rings is 2. The van der Waals surface area contributed by atoms with Crippen LogP contribution in [0.5, 0.6) is 5.75 Å². The van der Waals surface area contributed by atoms with Crippen LogP contribution in [0.4, 0.5) is 8.78 Å². The van der Waals surface area contributed by atoms with Crippen LogP contribution in [0.3, 0.4) is 0 Å². The molecule has 0 fully saturated rings. The summed E-state index contributed by atoms with van der Waals surface area (Å²) in [6.45, 7) is 0.186. The molecule has 1 heterocycles. The molecular weight excluding hydrogens is 260 g/mol. The molecule has 1 aromatic heterocycles. The summed E-state index contributed by atoms with van der Waals surface area (Å²) < 4.78 is 34.5. The molecule has 0 saturated heterocycles. The van der Waals surface area contributed by atoms with E-state index in [0.29, 0.717) is 5.39 Å². The number of fused-ring (bicyclic) bond motifs is 1. The molecule has 20 heavy (non-hydrogen) atoms. The number of rotatable bonds is 3. The highest BCUT2D eigenvalue weighted by molar-refractivity contribution is 5.81. The lowest BCUT2D eigenvalue weighted by Crippen LogP contribution is -2.02. The van der Waals surface area contributed by atoms with E-state index in [0.717, 1.165) is 11.2 Å². The molecule has 0 bridgehead atoms. The van der Waals surface area contributed by atoms with E-state index in [1.807, 2.05) is 17.7 Å². The maximum Gasteiger partial charge on any atom is 0.165 e. The van der Waals surface area contributed by atoms with Gasteiger partial charge in [-0.3, -0.25) is 0 Å². The van der Waals surface area contributed by atoms with Crippen molar-refractivity contribution in [1.82, 2.24) is 4.57 Å². The number of halogens is 2. The van der Waals surface area contributed by atoms with Gasteiger partial charge in [0.2, 0.25) is 0 Å². The minimum Gasteiger partial charge on any atom is -0.484 e. The Bertz CT molecular complexity index is 764. The van der Waals surface area contributed by atoms with Crippen LogP contribution in [0.1, 0.15) is 5.69 Å². The first-order chi connectivity index (χ1) is 9.66. The minimum absolute atomic E-state index is 0.186. The van der Waals surface area contributed by atoms with Crippen molar-refractivity contribution >= 4 is 10.9 Å². The highest BCUT2D eigenvalue weighted by atomic mass is 19.1. The van der Waals surface area contributed by atoms with E-state index in [9.17, 15) is 8.78 Å². The average Bonchev–Trinajstić information content (AvgIpc) is 2.77. The van der Waals surface area contributed by atoms with Crippen LogP contribution in [0.25, 0.3) is 10.9 Å². The molecular formula is C16H13F2NO. The first-order valence-corrected chi connectivity index (χ1v) is 6.27. The lowest BCUT2D eigenvalue weighted by Gasteiger charge is -2.08. The highest BCUT2D eigenvalue weighted by Gasteiger charge is 2.10. The van der Waals surface area contributed by atoms with Crippen molar-refractivity contribution in [3.05, 3.63) is 65.9 Å². The minimum atomic E-state index is -0.405. The normalized spacial score (nSPS) is 10.9. The molecule has 3 aromatic rings. The SMILES string of the molecule is Cn1c(COc2ccccc2F)cc2c(F)cccc21. The zero-order chi connectivity index (χ0) is 14.1. The van der Waals surface area contributed by atoms with E-state index >= 15 is 0 Å². The first-order valence-electron chi connectivity index (χ1n) is 6.27. The van der Waals surface area contributed by atoms with Crippen molar-refractivity contribution < 1.29 is 13.5 Å². The summed E-state index contributed by atoms with van der Waals surface area (Å²) in [5, 5.41) is 0.544. The molecule has 3 rings (SSSR count). The van der Waals surface area contributed by atoms with E-state index in [1.165, 1.54) is 12.1 Å². The van der Waals surface area contributed by atoms with Gasteiger partial charge in [0.15, 0.2) is 11.6 Å². The molecule has 0 amide bonds. The Hall–Kier alpha value is -2.36. The van der Waals surface area contributed by atoms with Crippen molar-refractivity contribution in [1.29, 1.82) is 0 Å². The molecule has 4 heteroatoms. The van der Waals surface area contributed by atoms with Crippen LogP contribution in [0, 0.1) is 11.6 Å². The molecule has 0 radical (unpaired) electrons. The van der Waals surface area contributed by atoms with Crippen LogP contribution in [0.15, 0.2) is 48.5 Å². The summed E-state index contributed by atoms with van der Waals surface area (Å²) in [5.74, 6) is -0.481. The molecule has 0 unspecified atom stereocenters. The Labute approximate surface area is 115 Å².